The first-order valence-corrected chi connectivity index (χ1v) is 6.30. The van der Waals surface area contributed by atoms with Crippen LogP contribution in [0.25, 0.3) is 0 Å². The number of nitrogens with zero attached hydrogens (tertiary/aromatic N) is 2. The lowest BCUT2D eigenvalue weighted by Crippen LogP contribution is -2.35. The lowest BCUT2D eigenvalue weighted by Gasteiger charge is -2.27. The molecule has 0 N–H and O–H groups in total. The number of aryl methyl sites for hydroxylation is 1. The molecule has 0 bridgehead atoms. The number of carbonyl (C=O) groups excluding carboxylic acids is 1. The van der Waals surface area contributed by atoms with Crippen molar-refractivity contribution in [3.8, 4) is 0 Å². The molecule has 0 saturated heterocycles. The molecule has 0 fully saturated rings. The largest absolute Gasteiger partial charge is 0.300 e. The van der Waals surface area contributed by atoms with Crippen LogP contribution in [0.15, 0.2) is 5.38 Å². The standard InChI is InChI=1S/C12H20N2OS/c1-9(15)12(3,4)8-14(5)6-11-7-16-10(2)13-11/h7H,6,8H2,1-5H3. The van der Waals surface area contributed by atoms with E-state index < -0.39 is 0 Å². The SMILES string of the molecule is CC(=O)C(C)(C)CN(C)Cc1csc(C)n1. The Labute approximate surface area is 101 Å². The van der Waals surface area contributed by atoms with Crippen LogP contribution in [0.2, 0.25) is 0 Å². The van der Waals surface area contributed by atoms with Crippen molar-refractivity contribution in [3.05, 3.63) is 16.1 Å². The van der Waals surface area contributed by atoms with Gasteiger partial charge in [0.1, 0.15) is 5.78 Å². The van der Waals surface area contributed by atoms with Crippen molar-refractivity contribution in [1.82, 2.24) is 9.88 Å². The first-order valence-electron chi connectivity index (χ1n) is 5.42. The minimum atomic E-state index is -0.278. The van der Waals surface area contributed by atoms with Gasteiger partial charge in [-0.1, -0.05) is 13.8 Å². The van der Waals surface area contributed by atoms with Crippen LogP contribution in [0.5, 0.6) is 0 Å². The second-order valence-corrected chi connectivity index (χ2v) is 6.03. The molecule has 0 amide bonds. The van der Waals surface area contributed by atoms with Crippen LogP contribution >= 0.6 is 11.3 Å². The van der Waals surface area contributed by atoms with Crippen LogP contribution in [0.3, 0.4) is 0 Å². The summed E-state index contributed by atoms with van der Waals surface area (Å²) in [7, 11) is 2.03. The smallest absolute Gasteiger partial charge is 0.136 e. The fourth-order valence-electron chi connectivity index (χ4n) is 1.60. The van der Waals surface area contributed by atoms with Gasteiger partial charge in [0.2, 0.25) is 0 Å². The number of thiazole rings is 1. The Morgan fingerprint density at radius 1 is 1.56 bits per heavy atom. The van der Waals surface area contributed by atoms with Gasteiger partial charge >= 0.3 is 0 Å². The Bertz CT molecular complexity index is 371. The topological polar surface area (TPSA) is 33.2 Å². The summed E-state index contributed by atoms with van der Waals surface area (Å²) in [6, 6.07) is 0. The van der Waals surface area contributed by atoms with Gasteiger partial charge in [0.15, 0.2) is 0 Å². The van der Waals surface area contributed by atoms with E-state index in [1.165, 1.54) is 0 Å². The summed E-state index contributed by atoms with van der Waals surface area (Å²) in [5, 5.41) is 3.17. The Morgan fingerprint density at radius 2 is 2.19 bits per heavy atom. The highest BCUT2D eigenvalue weighted by atomic mass is 32.1. The van der Waals surface area contributed by atoms with E-state index in [0.717, 1.165) is 23.8 Å². The highest BCUT2D eigenvalue weighted by molar-refractivity contribution is 7.09. The Morgan fingerprint density at radius 3 is 2.62 bits per heavy atom. The predicted molar refractivity (Wildman–Crippen MR) is 67.6 cm³/mol. The van der Waals surface area contributed by atoms with E-state index in [-0.39, 0.29) is 11.2 Å². The molecule has 0 aromatic carbocycles. The van der Waals surface area contributed by atoms with Crippen molar-refractivity contribution < 1.29 is 4.79 Å². The summed E-state index contributed by atoms with van der Waals surface area (Å²) < 4.78 is 0. The van der Waals surface area contributed by atoms with Gasteiger partial charge in [0.05, 0.1) is 10.7 Å². The molecular formula is C12H20N2OS. The van der Waals surface area contributed by atoms with Crippen LogP contribution in [0, 0.1) is 12.3 Å². The molecule has 0 aliphatic rings. The highest BCUT2D eigenvalue weighted by Gasteiger charge is 2.25. The van der Waals surface area contributed by atoms with Crippen LogP contribution in [-0.2, 0) is 11.3 Å². The molecule has 0 radical (unpaired) electrons. The monoisotopic (exact) mass is 240 g/mol. The number of carbonyl (C=O) groups is 1. The van der Waals surface area contributed by atoms with Crippen molar-refractivity contribution in [1.29, 1.82) is 0 Å². The molecule has 0 saturated carbocycles. The summed E-state index contributed by atoms with van der Waals surface area (Å²) in [4.78, 5) is 18.0. The van der Waals surface area contributed by atoms with Crippen molar-refractivity contribution in [3.63, 3.8) is 0 Å². The number of hydrogen-bond acceptors (Lipinski definition) is 4. The summed E-state index contributed by atoms with van der Waals surface area (Å²) in [5.74, 6) is 0.230. The molecule has 90 valence electrons. The van der Waals surface area contributed by atoms with Gasteiger partial charge in [-0.3, -0.25) is 9.69 Å². The molecule has 0 aliphatic carbocycles. The molecule has 1 rings (SSSR count). The van der Waals surface area contributed by atoms with Crippen LogP contribution in [0.4, 0.5) is 0 Å². The maximum Gasteiger partial charge on any atom is 0.136 e. The van der Waals surface area contributed by atoms with E-state index in [9.17, 15) is 4.79 Å². The van der Waals surface area contributed by atoms with Gasteiger partial charge < -0.3 is 0 Å². The van der Waals surface area contributed by atoms with E-state index in [2.05, 4.69) is 15.3 Å². The first-order chi connectivity index (χ1) is 7.31. The average Bonchev–Trinajstić information content (AvgIpc) is 2.49. The van der Waals surface area contributed by atoms with Gasteiger partial charge in [-0.2, -0.15) is 0 Å². The number of hydrogen-bond donors (Lipinski definition) is 0. The second-order valence-electron chi connectivity index (χ2n) is 4.97. The van der Waals surface area contributed by atoms with Gasteiger partial charge in [0, 0.05) is 23.9 Å². The van der Waals surface area contributed by atoms with Crippen LogP contribution in [-0.4, -0.2) is 29.3 Å². The quantitative estimate of drug-likeness (QED) is 0.793. The third kappa shape index (κ3) is 3.68. The molecule has 1 aromatic heterocycles. The molecule has 1 heterocycles. The lowest BCUT2D eigenvalue weighted by atomic mass is 9.88. The fourth-order valence-corrected chi connectivity index (χ4v) is 2.20. The van der Waals surface area contributed by atoms with Gasteiger partial charge in [-0.15, -0.1) is 11.3 Å². The number of aromatic nitrogens is 1. The summed E-state index contributed by atoms with van der Waals surface area (Å²) in [6.07, 6.45) is 0. The van der Waals surface area contributed by atoms with E-state index in [0.29, 0.717) is 0 Å². The van der Waals surface area contributed by atoms with E-state index >= 15 is 0 Å². The molecule has 0 unspecified atom stereocenters. The molecule has 16 heavy (non-hydrogen) atoms. The zero-order valence-corrected chi connectivity index (χ0v) is 11.5. The molecule has 1 aromatic rings. The first kappa shape index (κ1) is 13.3. The predicted octanol–water partition coefficient (Wildman–Crippen LogP) is 2.50. The minimum absolute atomic E-state index is 0.230. The molecule has 0 atom stereocenters. The molecule has 0 spiro atoms. The Hall–Kier alpha value is -0.740. The summed E-state index contributed by atoms with van der Waals surface area (Å²) in [5.41, 5.74) is 0.809. The number of ketones is 1. The van der Waals surface area contributed by atoms with Gasteiger partial charge in [-0.25, -0.2) is 4.98 Å². The molecule has 4 heteroatoms. The lowest BCUT2D eigenvalue weighted by molar-refractivity contribution is -0.125. The summed E-state index contributed by atoms with van der Waals surface area (Å²) in [6.45, 7) is 9.20. The van der Waals surface area contributed by atoms with Crippen molar-refractivity contribution in [2.45, 2.75) is 34.2 Å². The maximum atomic E-state index is 11.4. The third-order valence-electron chi connectivity index (χ3n) is 2.72. The van der Waals surface area contributed by atoms with Crippen LogP contribution < -0.4 is 0 Å². The van der Waals surface area contributed by atoms with Crippen molar-refractivity contribution in [2.75, 3.05) is 13.6 Å². The Kier molecular flexibility index (Phi) is 4.21. The summed E-state index contributed by atoms with van der Waals surface area (Å²) >= 11 is 1.67. The highest BCUT2D eigenvalue weighted by Crippen LogP contribution is 2.19. The maximum absolute atomic E-state index is 11.4. The van der Waals surface area contributed by atoms with Gasteiger partial charge in [-0.05, 0) is 20.9 Å². The molecular weight excluding hydrogens is 220 g/mol. The van der Waals surface area contributed by atoms with Crippen LogP contribution in [0.1, 0.15) is 31.5 Å². The van der Waals surface area contributed by atoms with E-state index in [1.54, 1.807) is 18.3 Å². The average molecular weight is 240 g/mol. The number of rotatable bonds is 5. The van der Waals surface area contributed by atoms with Crippen molar-refractivity contribution >= 4 is 17.1 Å². The molecule has 0 aliphatic heterocycles. The van der Waals surface area contributed by atoms with Crippen molar-refractivity contribution in [2.24, 2.45) is 5.41 Å². The normalized spacial score (nSPS) is 12.1. The van der Waals surface area contributed by atoms with E-state index in [1.807, 2.05) is 27.8 Å². The Balaban J connectivity index is 2.54. The number of Topliss-reactive ketones (excluding diaryl/α,β-unsaturated/α-hetero) is 1. The van der Waals surface area contributed by atoms with Gasteiger partial charge in [0.25, 0.3) is 0 Å². The third-order valence-corrected chi connectivity index (χ3v) is 3.54. The molecule has 3 nitrogen and oxygen atoms in total. The minimum Gasteiger partial charge on any atom is -0.300 e. The second kappa shape index (κ2) is 5.06. The zero-order valence-electron chi connectivity index (χ0n) is 10.7. The fraction of sp³-hybridized carbons (Fsp3) is 0.667. The zero-order chi connectivity index (χ0) is 12.3. The van der Waals surface area contributed by atoms with E-state index in [4.69, 9.17) is 0 Å².